The van der Waals surface area contributed by atoms with Gasteiger partial charge in [0, 0.05) is 9.75 Å². The van der Waals surface area contributed by atoms with E-state index in [0.717, 1.165) is 0 Å². The summed E-state index contributed by atoms with van der Waals surface area (Å²) >= 11 is 2.01. The maximum absolute atomic E-state index is 5.81. The minimum Gasteiger partial charge on any atom is -0.271 e. The average molecular weight is 309 g/mol. The third kappa shape index (κ3) is 5.39. The summed E-state index contributed by atoms with van der Waals surface area (Å²) in [5.74, 6) is 5.81. The van der Waals surface area contributed by atoms with Crippen molar-refractivity contribution < 1.29 is 0 Å². The van der Waals surface area contributed by atoms with E-state index < -0.39 is 0 Å². The van der Waals surface area contributed by atoms with E-state index in [1.807, 2.05) is 11.3 Å². The van der Waals surface area contributed by atoms with Gasteiger partial charge in [-0.05, 0) is 43.7 Å². The zero-order valence-corrected chi connectivity index (χ0v) is 14.4. The predicted molar refractivity (Wildman–Crippen MR) is 93.6 cm³/mol. The van der Waals surface area contributed by atoms with Crippen LogP contribution in [0, 0.1) is 0 Å². The molecule has 1 aliphatic carbocycles. The fraction of sp³-hybridized carbons (Fsp3) is 0.778. The second-order valence-corrected chi connectivity index (χ2v) is 7.60. The van der Waals surface area contributed by atoms with E-state index in [9.17, 15) is 0 Å². The summed E-state index contributed by atoms with van der Waals surface area (Å²) in [7, 11) is 0. The van der Waals surface area contributed by atoms with Crippen molar-refractivity contribution in [2.24, 2.45) is 5.84 Å². The Morgan fingerprint density at radius 3 is 2.67 bits per heavy atom. The molecule has 120 valence electrons. The van der Waals surface area contributed by atoms with Crippen molar-refractivity contribution in [3.05, 3.63) is 21.4 Å². The van der Waals surface area contributed by atoms with Gasteiger partial charge in [0.15, 0.2) is 0 Å². The van der Waals surface area contributed by atoms with Gasteiger partial charge in [-0.25, -0.2) is 0 Å². The van der Waals surface area contributed by atoms with Crippen molar-refractivity contribution in [2.75, 3.05) is 0 Å². The average Bonchev–Trinajstić information content (AvgIpc) is 2.77. The maximum Gasteiger partial charge on any atom is 0.0553 e. The standard InChI is InChI=1S/C18H32N2S/c1-2-3-4-5-6-9-12-16(20-19)18-14-15-11-8-7-10-13-17(15)21-18/h14,16,20H,2-13,19H2,1H3. The van der Waals surface area contributed by atoms with Crippen LogP contribution in [0.5, 0.6) is 0 Å². The highest BCUT2D eigenvalue weighted by molar-refractivity contribution is 7.12. The molecule has 0 saturated carbocycles. The molecule has 0 amide bonds. The Balaban J connectivity index is 1.80. The number of hydrogen-bond acceptors (Lipinski definition) is 3. The Morgan fingerprint density at radius 1 is 1.10 bits per heavy atom. The molecule has 0 spiro atoms. The van der Waals surface area contributed by atoms with E-state index in [-0.39, 0.29) is 0 Å². The SMILES string of the molecule is CCCCCCCCC(NN)c1cc2c(s1)CCCCC2. The fourth-order valence-electron chi connectivity index (χ4n) is 3.30. The number of aryl methyl sites for hydroxylation is 2. The van der Waals surface area contributed by atoms with Crippen LogP contribution < -0.4 is 11.3 Å². The van der Waals surface area contributed by atoms with Gasteiger partial charge >= 0.3 is 0 Å². The highest BCUT2D eigenvalue weighted by Gasteiger charge is 2.17. The minimum absolute atomic E-state index is 0.369. The Hall–Kier alpha value is -0.380. The number of hydrazine groups is 1. The van der Waals surface area contributed by atoms with Crippen LogP contribution in [0.2, 0.25) is 0 Å². The first-order valence-electron chi connectivity index (χ1n) is 8.92. The first kappa shape index (κ1) is 17.0. The van der Waals surface area contributed by atoms with Crippen molar-refractivity contribution in [3.63, 3.8) is 0 Å². The molecule has 0 aromatic carbocycles. The molecule has 1 atom stereocenters. The molecule has 3 N–H and O–H groups in total. The van der Waals surface area contributed by atoms with Crippen LogP contribution in [0.4, 0.5) is 0 Å². The van der Waals surface area contributed by atoms with E-state index in [1.165, 1.54) is 81.9 Å². The quantitative estimate of drug-likeness (QED) is 0.282. The largest absolute Gasteiger partial charge is 0.271 e. The van der Waals surface area contributed by atoms with Gasteiger partial charge in [-0.2, -0.15) is 0 Å². The predicted octanol–water partition coefficient (Wildman–Crippen LogP) is 5.27. The summed E-state index contributed by atoms with van der Waals surface area (Å²) < 4.78 is 0. The topological polar surface area (TPSA) is 38.0 Å². The van der Waals surface area contributed by atoms with Crippen molar-refractivity contribution in [1.29, 1.82) is 0 Å². The number of unbranched alkanes of at least 4 members (excludes halogenated alkanes) is 5. The van der Waals surface area contributed by atoms with E-state index in [1.54, 1.807) is 10.4 Å². The van der Waals surface area contributed by atoms with Gasteiger partial charge in [0.2, 0.25) is 0 Å². The van der Waals surface area contributed by atoms with Crippen molar-refractivity contribution in [1.82, 2.24) is 5.43 Å². The van der Waals surface area contributed by atoms with Gasteiger partial charge in [0.1, 0.15) is 0 Å². The van der Waals surface area contributed by atoms with Gasteiger partial charge in [0.05, 0.1) is 6.04 Å². The first-order chi connectivity index (χ1) is 10.3. The summed E-state index contributed by atoms with van der Waals surface area (Å²) in [6.07, 6.45) is 16.0. The van der Waals surface area contributed by atoms with Crippen molar-refractivity contribution >= 4 is 11.3 Å². The normalized spacial score (nSPS) is 16.5. The molecule has 0 bridgehead atoms. The van der Waals surface area contributed by atoms with E-state index in [2.05, 4.69) is 18.4 Å². The molecule has 2 rings (SSSR count). The number of thiophene rings is 1. The van der Waals surface area contributed by atoms with Crippen LogP contribution in [0.15, 0.2) is 6.07 Å². The van der Waals surface area contributed by atoms with Gasteiger partial charge in [-0.15, -0.1) is 11.3 Å². The number of nitrogens with two attached hydrogens (primary N) is 1. The van der Waals surface area contributed by atoms with Crippen LogP contribution in [-0.2, 0) is 12.8 Å². The smallest absolute Gasteiger partial charge is 0.0553 e. The lowest BCUT2D eigenvalue weighted by molar-refractivity contribution is 0.482. The van der Waals surface area contributed by atoms with Crippen LogP contribution >= 0.6 is 11.3 Å². The number of fused-ring (bicyclic) bond motifs is 1. The number of nitrogens with one attached hydrogen (secondary N) is 1. The number of hydrogen-bond donors (Lipinski definition) is 2. The highest BCUT2D eigenvalue weighted by atomic mass is 32.1. The molecule has 0 saturated heterocycles. The molecular weight excluding hydrogens is 276 g/mol. The van der Waals surface area contributed by atoms with Crippen molar-refractivity contribution in [3.8, 4) is 0 Å². The Kier molecular flexibility index (Phi) is 7.76. The molecule has 1 aliphatic rings. The molecule has 0 aliphatic heterocycles. The molecular formula is C18H32N2S. The van der Waals surface area contributed by atoms with Crippen molar-refractivity contribution in [2.45, 2.75) is 90.0 Å². The third-order valence-electron chi connectivity index (χ3n) is 4.66. The van der Waals surface area contributed by atoms with E-state index >= 15 is 0 Å². The summed E-state index contributed by atoms with van der Waals surface area (Å²) in [6, 6.07) is 2.81. The molecule has 1 unspecified atom stereocenters. The minimum atomic E-state index is 0.369. The lowest BCUT2D eigenvalue weighted by Gasteiger charge is -2.14. The molecule has 1 aromatic rings. The second kappa shape index (κ2) is 9.60. The maximum atomic E-state index is 5.81. The summed E-state index contributed by atoms with van der Waals surface area (Å²) in [5, 5.41) is 0. The third-order valence-corrected chi connectivity index (χ3v) is 6.01. The first-order valence-corrected chi connectivity index (χ1v) is 9.74. The van der Waals surface area contributed by atoms with Crippen LogP contribution in [0.1, 0.15) is 92.5 Å². The monoisotopic (exact) mass is 308 g/mol. The highest BCUT2D eigenvalue weighted by Crippen LogP contribution is 2.33. The fourth-order valence-corrected chi connectivity index (χ4v) is 4.65. The molecule has 0 fully saturated rings. The summed E-state index contributed by atoms with van der Waals surface area (Å²) in [4.78, 5) is 3.10. The Labute approximate surface area is 134 Å². The van der Waals surface area contributed by atoms with Gasteiger partial charge in [-0.3, -0.25) is 11.3 Å². The Bertz CT molecular complexity index is 376. The van der Waals surface area contributed by atoms with Gasteiger partial charge in [0.25, 0.3) is 0 Å². The van der Waals surface area contributed by atoms with Crippen LogP contribution in [0.25, 0.3) is 0 Å². The zero-order chi connectivity index (χ0) is 14.9. The van der Waals surface area contributed by atoms with Gasteiger partial charge in [-0.1, -0.05) is 51.9 Å². The Morgan fingerprint density at radius 2 is 1.86 bits per heavy atom. The summed E-state index contributed by atoms with van der Waals surface area (Å²) in [6.45, 7) is 2.27. The zero-order valence-electron chi connectivity index (χ0n) is 13.6. The molecule has 21 heavy (non-hydrogen) atoms. The molecule has 3 heteroatoms. The summed E-state index contributed by atoms with van der Waals surface area (Å²) in [5.41, 5.74) is 4.66. The lowest BCUT2D eigenvalue weighted by atomic mass is 10.0. The van der Waals surface area contributed by atoms with Crippen LogP contribution in [-0.4, -0.2) is 0 Å². The van der Waals surface area contributed by atoms with Gasteiger partial charge < -0.3 is 0 Å². The van der Waals surface area contributed by atoms with E-state index in [4.69, 9.17) is 5.84 Å². The molecule has 1 heterocycles. The number of rotatable bonds is 9. The second-order valence-electron chi connectivity index (χ2n) is 6.43. The van der Waals surface area contributed by atoms with Crippen LogP contribution in [0.3, 0.4) is 0 Å². The molecule has 0 radical (unpaired) electrons. The lowest BCUT2D eigenvalue weighted by Crippen LogP contribution is -2.27. The molecule has 1 aromatic heterocycles. The van der Waals surface area contributed by atoms with E-state index in [0.29, 0.717) is 6.04 Å². The molecule has 2 nitrogen and oxygen atoms in total.